The molecule has 1 N–H and O–H groups in total. The number of rotatable bonds is 1. The molecule has 1 nitrogen and oxygen atoms in total. The Kier molecular flexibility index (Phi) is 1.57. The van der Waals surface area contributed by atoms with Crippen LogP contribution in [0.25, 0.3) is 0 Å². The zero-order valence-corrected chi connectivity index (χ0v) is 8.90. The van der Waals surface area contributed by atoms with Crippen molar-refractivity contribution in [3.8, 4) is 0 Å². The van der Waals surface area contributed by atoms with Crippen molar-refractivity contribution in [2.24, 2.45) is 23.7 Å². The van der Waals surface area contributed by atoms with Gasteiger partial charge in [0, 0.05) is 0 Å². The van der Waals surface area contributed by atoms with Crippen LogP contribution in [0.15, 0.2) is 23.8 Å². The maximum atomic E-state index is 10.1. The third-order valence-corrected chi connectivity index (χ3v) is 4.30. The summed E-state index contributed by atoms with van der Waals surface area (Å²) in [6.45, 7) is 3.85. The Balaban J connectivity index is 1.96. The van der Waals surface area contributed by atoms with Crippen LogP contribution in [-0.4, -0.2) is 10.7 Å². The first-order valence-electron chi connectivity index (χ1n) is 5.68. The van der Waals surface area contributed by atoms with Gasteiger partial charge in [-0.05, 0) is 55.9 Å². The summed E-state index contributed by atoms with van der Waals surface area (Å²) in [6, 6.07) is 0. The standard InChI is InChI=1S/C13H18O/c1-13(2,14)12-7-8-6-11(12)10-5-3-4-9(8)10/h3,5,7-11,14H,4,6H2,1-2H3/t8-,9+,10-,11-/m1/s1. The zero-order valence-electron chi connectivity index (χ0n) is 8.90. The third-order valence-electron chi connectivity index (χ3n) is 4.30. The first kappa shape index (κ1) is 8.72. The summed E-state index contributed by atoms with van der Waals surface area (Å²) in [5.74, 6) is 3.00. The van der Waals surface area contributed by atoms with Gasteiger partial charge in [-0.25, -0.2) is 0 Å². The Morgan fingerprint density at radius 2 is 2.21 bits per heavy atom. The van der Waals surface area contributed by atoms with Crippen molar-refractivity contribution in [2.45, 2.75) is 32.3 Å². The van der Waals surface area contributed by atoms with E-state index in [0.717, 1.165) is 17.8 Å². The molecule has 0 aromatic rings. The summed E-state index contributed by atoms with van der Waals surface area (Å²) in [6.07, 6.45) is 9.63. The largest absolute Gasteiger partial charge is 0.386 e. The Labute approximate surface area is 85.5 Å². The molecule has 0 aromatic carbocycles. The van der Waals surface area contributed by atoms with E-state index in [0.29, 0.717) is 5.92 Å². The van der Waals surface area contributed by atoms with Crippen molar-refractivity contribution in [3.05, 3.63) is 23.8 Å². The molecule has 3 rings (SSSR count). The van der Waals surface area contributed by atoms with Gasteiger partial charge in [0.25, 0.3) is 0 Å². The Bertz CT molecular complexity index is 319. The fraction of sp³-hybridized carbons (Fsp3) is 0.692. The maximum Gasteiger partial charge on any atom is 0.0803 e. The molecule has 0 aromatic heterocycles. The fourth-order valence-electron chi connectivity index (χ4n) is 3.75. The van der Waals surface area contributed by atoms with E-state index < -0.39 is 5.60 Å². The molecule has 0 radical (unpaired) electrons. The lowest BCUT2D eigenvalue weighted by atomic mass is 9.77. The average molecular weight is 190 g/mol. The molecule has 1 heteroatoms. The topological polar surface area (TPSA) is 20.2 Å². The number of fused-ring (bicyclic) bond motifs is 5. The van der Waals surface area contributed by atoms with Crippen molar-refractivity contribution in [1.29, 1.82) is 0 Å². The minimum Gasteiger partial charge on any atom is -0.386 e. The van der Waals surface area contributed by atoms with E-state index in [4.69, 9.17) is 0 Å². The van der Waals surface area contributed by atoms with Gasteiger partial charge < -0.3 is 5.11 Å². The lowest BCUT2D eigenvalue weighted by molar-refractivity contribution is 0.104. The smallest absolute Gasteiger partial charge is 0.0803 e. The molecule has 1 saturated carbocycles. The van der Waals surface area contributed by atoms with Crippen LogP contribution < -0.4 is 0 Å². The summed E-state index contributed by atoms with van der Waals surface area (Å²) in [5.41, 5.74) is 0.705. The number of aliphatic hydroxyl groups is 1. The highest BCUT2D eigenvalue weighted by molar-refractivity contribution is 5.33. The van der Waals surface area contributed by atoms with E-state index in [-0.39, 0.29) is 0 Å². The van der Waals surface area contributed by atoms with Crippen LogP contribution >= 0.6 is 0 Å². The van der Waals surface area contributed by atoms with Gasteiger partial charge in [0.1, 0.15) is 0 Å². The predicted octanol–water partition coefficient (Wildman–Crippen LogP) is 2.53. The molecular formula is C13H18O. The Hall–Kier alpha value is -0.560. The van der Waals surface area contributed by atoms with Crippen LogP contribution in [0, 0.1) is 23.7 Å². The van der Waals surface area contributed by atoms with Crippen molar-refractivity contribution < 1.29 is 5.11 Å². The number of hydrogen-bond acceptors (Lipinski definition) is 1. The highest BCUT2D eigenvalue weighted by atomic mass is 16.3. The van der Waals surface area contributed by atoms with E-state index in [1.54, 1.807) is 0 Å². The first-order valence-corrected chi connectivity index (χ1v) is 5.68. The van der Waals surface area contributed by atoms with Crippen LogP contribution in [-0.2, 0) is 0 Å². The predicted molar refractivity (Wildman–Crippen MR) is 56.7 cm³/mol. The van der Waals surface area contributed by atoms with E-state index in [2.05, 4.69) is 18.2 Å². The van der Waals surface area contributed by atoms with Crippen LogP contribution in [0.3, 0.4) is 0 Å². The van der Waals surface area contributed by atoms with Gasteiger partial charge in [0.15, 0.2) is 0 Å². The summed E-state index contributed by atoms with van der Waals surface area (Å²) in [5, 5.41) is 10.1. The molecule has 1 fully saturated rings. The number of allylic oxidation sites excluding steroid dienone is 3. The van der Waals surface area contributed by atoms with Gasteiger partial charge in [-0.2, -0.15) is 0 Å². The summed E-state index contributed by atoms with van der Waals surface area (Å²) >= 11 is 0. The van der Waals surface area contributed by atoms with E-state index >= 15 is 0 Å². The zero-order chi connectivity index (χ0) is 9.92. The minimum atomic E-state index is -0.596. The van der Waals surface area contributed by atoms with Crippen molar-refractivity contribution in [3.63, 3.8) is 0 Å². The van der Waals surface area contributed by atoms with Crippen LogP contribution in [0.2, 0.25) is 0 Å². The van der Waals surface area contributed by atoms with Gasteiger partial charge >= 0.3 is 0 Å². The molecule has 0 aliphatic heterocycles. The Morgan fingerprint density at radius 1 is 1.43 bits per heavy atom. The molecule has 3 aliphatic rings. The van der Waals surface area contributed by atoms with E-state index in [1.165, 1.54) is 18.4 Å². The second kappa shape index (κ2) is 2.52. The number of hydrogen-bond donors (Lipinski definition) is 1. The van der Waals surface area contributed by atoms with Gasteiger partial charge in [0.2, 0.25) is 0 Å². The maximum absolute atomic E-state index is 10.1. The lowest BCUT2D eigenvalue weighted by Crippen LogP contribution is -2.30. The molecule has 3 aliphatic carbocycles. The molecule has 14 heavy (non-hydrogen) atoms. The normalized spacial score (nSPS) is 44.4. The van der Waals surface area contributed by atoms with Gasteiger partial charge in [0.05, 0.1) is 5.60 Å². The second-order valence-corrected chi connectivity index (χ2v) is 5.59. The van der Waals surface area contributed by atoms with Gasteiger partial charge in [-0.15, -0.1) is 0 Å². The summed E-state index contributed by atoms with van der Waals surface area (Å²) in [7, 11) is 0. The fourth-order valence-corrected chi connectivity index (χ4v) is 3.75. The molecule has 2 bridgehead atoms. The average Bonchev–Trinajstić information content (AvgIpc) is 2.74. The molecule has 4 atom stereocenters. The molecule has 0 saturated heterocycles. The van der Waals surface area contributed by atoms with E-state index in [1.807, 2.05) is 13.8 Å². The van der Waals surface area contributed by atoms with Crippen LogP contribution in [0.1, 0.15) is 26.7 Å². The van der Waals surface area contributed by atoms with Gasteiger partial charge in [-0.1, -0.05) is 18.2 Å². The molecular weight excluding hydrogens is 172 g/mol. The first-order chi connectivity index (χ1) is 6.57. The second-order valence-electron chi connectivity index (χ2n) is 5.59. The quantitative estimate of drug-likeness (QED) is 0.630. The lowest BCUT2D eigenvalue weighted by Gasteiger charge is -2.31. The highest BCUT2D eigenvalue weighted by Crippen LogP contribution is 2.57. The van der Waals surface area contributed by atoms with Crippen molar-refractivity contribution in [2.75, 3.05) is 0 Å². The summed E-state index contributed by atoms with van der Waals surface area (Å²) < 4.78 is 0. The highest BCUT2D eigenvalue weighted by Gasteiger charge is 2.50. The molecule has 0 spiro atoms. The van der Waals surface area contributed by atoms with Crippen molar-refractivity contribution >= 4 is 0 Å². The monoisotopic (exact) mass is 190 g/mol. The minimum absolute atomic E-state index is 0.596. The molecule has 0 amide bonds. The Morgan fingerprint density at radius 3 is 2.93 bits per heavy atom. The molecule has 76 valence electrons. The molecule has 0 unspecified atom stereocenters. The van der Waals surface area contributed by atoms with Crippen LogP contribution in [0.5, 0.6) is 0 Å². The van der Waals surface area contributed by atoms with Crippen LogP contribution in [0.4, 0.5) is 0 Å². The summed E-state index contributed by atoms with van der Waals surface area (Å²) in [4.78, 5) is 0. The SMILES string of the molecule is CC(C)(O)C1=C[C@H]2C[C@@H]1[C@@H]1C=CC[C@H]12. The van der Waals surface area contributed by atoms with Gasteiger partial charge in [-0.3, -0.25) is 0 Å². The van der Waals surface area contributed by atoms with Crippen molar-refractivity contribution in [1.82, 2.24) is 0 Å². The van der Waals surface area contributed by atoms with E-state index in [9.17, 15) is 5.11 Å². The third kappa shape index (κ3) is 0.993. The molecule has 0 heterocycles.